The lowest BCUT2D eigenvalue weighted by atomic mass is 9.77. The largest absolute Gasteiger partial charge is 0.340 e. The SMILES string of the molecule is C=C/C=C(/C(=O)NC1CCC(=O)NC1=O)C(C)NC1(C2CC2)CCCCC1. The van der Waals surface area contributed by atoms with Crippen molar-refractivity contribution in [1.29, 1.82) is 0 Å². The maximum Gasteiger partial charge on any atom is 0.249 e. The van der Waals surface area contributed by atoms with E-state index in [1.807, 2.05) is 6.92 Å². The van der Waals surface area contributed by atoms with Gasteiger partial charge in [-0.05, 0) is 44.9 Å². The van der Waals surface area contributed by atoms with Gasteiger partial charge >= 0.3 is 0 Å². The highest BCUT2D eigenvalue weighted by molar-refractivity contribution is 6.03. The number of piperidine rings is 1. The van der Waals surface area contributed by atoms with E-state index in [2.05, 4.69) is 22.5 Å². The first-order valence-corrected chi connectivity index (χ1v) is 10.2. The molecule has 2 aliphatic carbocycles. The van der Waals surface area contributed by atoms with Crippen LogP contribution in [0.3, 0.4) is 0 Å². The van der Waals surface area contributed by atoms with Gasteiger partial charge < -0.3 is 10.6 Å². The lowest BCUT2D eigenvalue weighted by molar-refractivity contribution is -0.136. The Morgan fingerprint density at radius 3 is 2.52 bits per heavy atom. The fourth-order valence-corrected chi connectivity index (χ4v) is 4.61. The molecule has 3 N–H and O–H groups in total. The van der Waals surface area contributed by atoms with Crippen LogP contribution in [-0.2, 0) is 14.4 Å². The zero-order valence-corrected chi connectivity index (χ0v) is 16.2. The van der Waals surface area contributed by atoms with Crippen molar-refractivity contribution in [2.24, 2.45) is 5.92 Å². The molecule has 3 fully saturated rings. The first-order chi connectivity index (χ1) is 12.9. The van der Waals surface area contributed by atoms with E-state index in [1.54, 1.807) is 12.2 Å². The van der Waals surface area contributed by atoms with Gasteiger partial charge in [-0.3, -0.25) is 19.7 Å². The smallest absolute Gasteiger partial charge is 0.249 e. The number of allylic oxidation sites excluding steroid dienone is 2. The topological polar surface area (TPSA) is 87.3 Å². The number of carbonyl (C=O) groups excluding carboxylic acids is 3. The molecular formula is C21H31N3O3. The minimum atomic E-state index is -0.664. The molecule has 0 aromatic carbocycles. The maximum atomic E-state index is 12.9. The third-order valence-electron chi connectivity index (χ3n) is 6.18. The summed E-state index contributed by atoms with van der Waals surface area (Å²) in [4.78, 5) is 36.1. The van der Waals surface area contributed by atoms with Crippen molar-refractivity contribution in [3.8, 4) is 0 Å². The number of imide groups is 1. The molecule has 1 aliphatic heterocycles. The van der Waals surface area contributed by atoms with Gasteiger partial charge in [0.1, 0.15) is 6.04 Å². The minimum absolute atomic E-state index is 0.130. The second-order valence-corrected chi connectivity index (χ2v) is 8.19. The second-order valence-electron chi connectivity index (χ2n) is 8.19. The van der Waals surface area contributed by atoms with Crippen molar-refractivity contribution in [3.05, 3.63) is 24.3 Å². The highest BCUT2D eigenvalue weighted by atomic mass is 16.2. The van der Waals surface area contributed by atoms with Crippen molar-refractivity contribution >= 4 is 17.7 Å². The van der Waals surface area contributed by atoms with Crippen molar-refractivity contribution in [2.45, 2.75) is 82.3 Å². The van der Waals surface area contributed by atoms with Gasteiger partial charge in [0, 0.05) is 23.6 Å². The van der Waals surface area contributed by atoms with Crippen molar-refractivity contribution in [2.75, 3.05) is 0 Å². The summed E-state index contributed by atoms with van der Waals surface area (Å²) in [5.74, 6) is -0.277. The lowest BCUT2D eigenvalue weighted by Crippen LogP contribution is -2.56. The third kappa shape index (κ3) is 4.67. The van der Waals surface area contributed by atoms with Gasteiger partial charge in [0.05, 0.1) is 0 Å². The zero-order chi connectivity index (χ0) is 19.4. The monoisotopic (exact) mass is 373 g/mol. The summed E-state index contributed by atoms with van der Waals surface area (Å²) in [5, 5.41) is 8.86. The zero-order valence-electron chi connectivity index (χ0n) is 16.2. The summed E-state index contributed by atoms with van der Waals surface area (Å²) < 4.78 is 0. The number of amides is 3. The average Bonchev–Trinajstić information content (AvgIpc) is 3.48. The lowest BCUT2D eigenvalue weighted by Gasteiger charge is -2.41. The Morgan fingerprint density at radius 1 is 1.22 bits per heavy atom. The third-order valence-corrected chi connectivity index (χ3v) is 6.18. The van der Waals surface area contributed by atoms with Gasteiger partial charge in [0.25, 0.3) is 0 Å². The molecule has 0 aromatic rings. The van der Waals surface area contributed by atoms with E-state index in [4.69, 9.17) is 0 Å². The average molecular weight is 373 g/mol. The molecule has 2 unspecified atom stereocenters. The normalized spacial score (nSPS) is 26.9. The van der Waals surface area contributed by atoms with E-state index in [-0.39, 0.29) is 29.8 Å². The van der Waals surface area contributed by atoms with Crippen molar-refractivity contribution in [1.82, 2.24) is 16.0 Å². The number of hydrogen-bond acceptors (Lipinski definition) is 4. The Labute approximate surface area is 161 Å². The van der Waals surface area contributed by atoms with Crippen molar-refractivity contribution < 1.29 is 14.4 Å². The molecule has 2 atom stereocenters. The fraction of sp³-hybridized carbons (Fsp3) is 0.667. The van der Waals surface area contributed by atoms with Crippen LogP contribution in [0.4, 0.5) is 0 Å². The van der Waals surface area contributed by atoms with Crippen LogP contribution < -0.4 is 16.0 Å². The molecule has 6 nitrogen and oxygen atoms in total. The molecule has 3 amide bonds. The van der Waals surface area contributed by atoms with Gasteiger partial charge in [-0.15, -0.1) is 0 Å². The predicted octanol–water partition coefficient (Wildman–Crippen LogP) is 2.11. The Morgan fingerprint density at radius 2 is 1.93 bits per heavy atom. The summed E-state index contributed by atoms with van der Waals surface area (Å²) in [6.07, 6.45) is 12.5. The van der Waals surface area contributed by atoms with Gasteiger partial charge in [0.2, 0.25) is 17.7 Å². The molecule has 1 saturated heterocycles. The molecule has 148 valence electrons. The van der Waals surface area contributed by atoms with E-state index in [0.717, 1.165) is 12.8 Å². The van der Waals surface area contributed by atoms with Crippen LogP contribution in [0.15, 0.2) is 24.3 Å². The van der Waals surface area contributed by atoms with Gasteiger partial charge in [-0.25, -0.2) is 0 Å². The molecule has 3 rings (SSSR count). The molecular weight excluding hydrogens is 342 g/mol. The van der Waals surface area contributed by atoms with Crippen LogP contribution in [0.1, 0.15) is 64.7 Å². The quantitative estimate of drug-likeness (QED) is 0.362. The standard InChI is InChI=1S/C21H31N3O3/c1-3-7-16(19(26)22-17-10-11-18(25)23-20(17)27)14(2)24-21(15-8-9-15)12-5-4-6-13-21/h3,7,14-15,17,24H,1,4-6,8-13H2,2H3,(H,22,26)(H,23,25,27)/b16-7+. The molecule has 0 spiro atoms. The van der Waals surface area contributed by atoms with E-state index >= 15 is 0 Å². The van der Waals surface area contributed by atoms with E-state index in [0.29, 0.717) is 17.9 Å². The van der Waals surface area contributed by atoms with Gasteiger partial charge in [0.15, 0.2) is 0 Å². The van der Waals surface area contributed by atoms with E-state index in [1.165, 1.54) is 32.1 Å². The summed E-state index contributed by atoms with van der Waals surface area (Å²) in [5.41, 5.74) is 0.715. The first kappa shape index (κ1) is 19.8. The number of carbonyl (C=O) groups is 3. The number of rotatable bonds is 7. The van der Waals surface area contributed by atoms with Crippen LogP contribution in [-0.4, -0.2) is 35.3 Å². The highest BCUT2D eigenvalue weighted by Gasteiger charge is 2.46. The van der Waals surface area contributed by atoms with Gasteiger partial charge in [-0.1, -0.05) is 38.0 Å². The molecule has 0 bridgehead atoms. The fourth-order valence-electron chi connectivity index (χ4n) is 4.61. The number of hydrogen-bond donors (Lipinski definition) is 3. The van der Waals surface area contributed by atoms with Crippen LogP contribution in [0.25, 0.3) is 0 Å². The predicted molar refractivity (Wildman–Crippen MR) is 104 cm³/mol. The molecule has 1 heterocycles. The Kier molecular flexibility index (Phi) is 6.15. The van der Waals surface area contributed by atoms with Crippen LogP contribution in [0, 0.1) is 5.92 Å². The maximum absolute atomic E-state index is 12.9. The van der Waals surface area contributed by atoms with Crippen LogP contribution in [0.5, 0.6) is 0 Å². The molecule has 6 heteroatoms. The second kappa shape index (κ2) is 8.38. The van der Waals surface area contributed by atoms with E-state index in [9.17, 15) is 14.4 Å². The summed E-state index contributed by atoms with van der Waals surface area (Å²) in [7, 11) is 0. The highest BCUT2D eigenvalue weighted by Crippen LogP contribution is 2.47. The number of nitrogens with one attached hydrogen (secondary N) is 3. The Hall–Kier alpha value is -1.95. The Balaban J connectivity index is 1.67. The van der Waals surface area contributed by atoms with Crippen LogP contribution >= 0.6 is 0 Å². The molecule has 0 aromatic heterocycles. The first-order valence-electron chi connectivity index (χ1n) is 10.2. The summed E-state index contributed by atoms with van der Waals surface area (Å²) >= 11 is 0. The van der Waals surface area contributed by atoms with Crippen molar-refractivity contribution in [3.63, 3.8) is 0 Å². The summed E-state index contributed by atoms with van der Waals surface area (Å²) in [6.45, 7) is 5.75. The van der Waals surface area contributed by atoms with Crippen LogP contribution in [0.2, 0.25) is 0 Å². The molecule has 0 radical (unpaired) electrons. The molecule has 2 saturated carbocycles. The molecule has 27 heavy (non-hydrogen) atoms. The van der Waals surface area contributed by atoms with Gasteiger partial charge in [-0.2, -0.15) is 0 Å². The summed E-state index contributed by atoms with van der Waals surface area (Å²) in [6, 6.07) is -0.794. The Bertz CT molecular complexity index is 645. The van der Waals surface area contributed by atoms with E-state index < -0.39 is 11.9 Å². The minimum Gasteiger partial charge on any atom is -0.340 e. The molecule has 3 aliphatic rings.